The summed E-state index contributed by atoms with van der Waals surface area (Å²) in [5.41, 5.74) is 0. The summed E-state index contributed by atoms with van der Waals surface area (Å²) >= 11 is 0. The molecule has 0 bridgehead atoms. The molecule has 7 heavy (non-hydrogen) atoms. The van der Waals surface area contributed by atoms with E-state index in [1.165, 1.54) is 0 Å². The van der Waals surface area contributed by atoms with Gasteiger partial charge in [-0.25, -0.2) is 0 Å². The summed E-state index contributed by atoms with van der Waals surface area (Å²) in [5.74, 6) is 0. The summed E-state index contributed by atoms with van der Waals surface area (Å²) in [6.07, 6.45) is -2.33. The summed E-state index contributed by atoms with van der Waals surface area (Å²) in [6, 6.07) is 0. The molecule has 0 aromatic heterocycles. The van der Waals surface area contributed by atoms with Crippen LogP contribution in [-0.2, 0) is 0 Å². The second-order valence-electron chi connectivity index (χ2n) is 0.250. The molecule has 0 amide bonds. The Morgan fingerprint density at radius 2 is 1.29 bits per heavy atom. The van der Waals surface area contributed by atoms with Crippen LogP contribution >= 0.6 is 0 Å². The summed E-state index contributed by atoms with van der Waals surface area (Å²) in [5, 5.41) is 16.7. The molecular formula is CHBaKO4. The van der Waals surface area contributed by atoms with Crippen LogP contribution in [-0.4, -0.2) is 60.5 Å². The van der Waals surface area contributed by atoms with E-state index in [-0.39, 0.29) is 106 Å². The number of carboxylic acid groups (broad SMARTS) is 2. The third-order valence-electron chi connectivity index (χ3n) is 0. The minimum absolute atomic E-state index is 0. The van der Waals surface area contributed by atoms with Crippen molar-refractivity contribution in [2.45, 2.75) is 0 Å². The maximum absolute atomic E-state index is 8.33. The molecule has 0 heterocycles. The van der Waals surface area contributed by atoms with Crippen molar-refractivity contribution in [2.75, 3.05) is 0 Å². The molecule has 0 radical (unpaired) electrons. The van der Waals surface area contributed by atoms with Crippen LogP contribution in [0.5, 0.6) is 0 Å². The number of rotatable bonds is 0. The molecule has 1 N–H and O–H groups in total. The van der Waals surface area contributed by atoms with Crippen LogP contribution in [0.15, 0.2) is 0 Å². The first-order valence-corrected chi connectivity index (χ1v) is 0.612. The number of carbonyl (C=O) groups is 1. The van der Waals surface area contributed by atoms with Crippen molar-refractivity contribution in [3.8, 4) is 0 Å². The molecule has 0 spiro atoms. The zero-order valence-corrected chi connectivity index (χ0v) is 11.4. The Morgan fingerprint density at radius 3 is 1.29 bits per heavy atom. The van der Waals surface area contributed by atoms with E-state index >= 15 is 0 Å². The van der Waals surface area contributed by atoms with Gasteiger partial charge in [-0.3, -0.25) is 0 Å². The summed E-state index contributed by atoms with van der Waals surface area (Å²) in [7, 11) is 0. The monoisotopic (exact) mass is 254 g/mol. The van der Waals surface area contributed by atoms with E-state index in [0.29, 0.717) is 0 Å². The third-order valence-corrected chi connectivity index (χ3v) is 0. The van der Waals surface area contributed by atoms with E-state index < -0.39 is 6.16 Å². The Labute approximate surface area is 123 Å². The van der Waals surface area contributed by atoms with Crippen LogP contribution in [0.2, 0.25) is 0 Å². The van der Waals surface area contributed by atoms with Gasteiger partial charge in [-0.05, 0) is 6.16 Å². The molecule has 0 atom stereocenters. The number of hydrogen-bond donors (Lipinski definition) is 0. The summed E-state index contributed by atoms with van der Waals surface area (Å²) in [4.78, 5) is 8.33. The smallest absolute Gasteiger partial charge is 0.870 e. The maximum Gasteiger partial charge on any atom is 2.00 e. The van der Waals surface area contributed by atoms with Crippen LogP contribution < -0.4 is 61.6 Å². The maximum atomic E-state index is 8.33. The molecule has 0 fully saturated rings. The van der Waals surface area contributed by atoms with E-state index in [4.69, 9.17) is 15.0 Å². The first-order valence-electron chi connectivity index (χ1n) is 0.612. The van der Waals surface area contributed by atoms with Crippen molar-refractivity contribution >= 4 is 55.0 Å². The van der Waals surface area contributed by atoms with Crippen molar-refractivity contribution in [3.05, 3.63) is 0 Å². The van der Waals surface area contributed by atoms with Crippen molar-refractivity contribution in [1.82, 2.24) is 0 Å². The average molecular weight is 253 g/mol. The van der Waals surface area contributed by atoms with E-state index in [1.54, 1.807) is 0 Å². The van der Waals surface area contributed by atoms with Crippen LogP contribution in [0.1, 0.15) is 0 Å². The summed E-state index contributed by atoms with van der Waals surface area (Å²) < 4.78 is 0. The molecular weight excluding hydrogens is 252 g/mol. The van der Waals surface area contributed by atoms with Gasteiger partial charge in [0.05, 0.1) is 0 Å². The molecule has 0 aliphatic heterocycles. The van der Waals surface area contributed by atoms with Crippen molar-refractivity contribution < 1.29 is 71.9 Å². The van der Waals surface area contributed by atoms with Crippen molar-refractivity contribution in [2.24, 2.45) is 0 Å². The van der Waals surface area contributed by atoms with Gasteiger partial charge in [-0.1, -0.05) is 0 Å². The Kier molecular flexibility index (Phi) is 51.2. The number of carbonyl (C=O) groups excluding carboxylic acids is 1. The molecule has 0 aliphatic carbocycles. The van der Waals surface area contributed by atoms with Crippen molar-refractivity contribution in [3.63, 3.8) is 0 Å². The van der Waals surface area contributed by atoms with Crippen molar-refractivity contribution in [1.29, 1.82) is 0 Å². The quantitative estimate of drug-likeness (QED) is 0.402. The van der Waals surface area contributed by atoms with E-state index in [0.717, 1.165) is 0 Å². The predicted molar refractivity (Wildman–Crippen MR) is 13.1 cm³/mol. The predicted octanol–water partition coefficient (Wildman–Crippen LogP) is -6.00. The fraction of sp³-hybridized carbons (Fsp3) is 0. The Hall–Kier alpha value is 2.44. The van der Waals surface area contributed by atoms with Gasteiger partial charge >= 0.3 is 100 Å². The normalized spacial score (nSPS) is 3.43. The van der Waals surface area contributed by atoms with Gasteiger partial charge in [0.1, 0.15) is 0 Å². The minimum Gasteiger partial charge on any atom is -0.870 e. The molecule has 0 saturated carbocycles. The Balaban J connectivity index is -0.0000000150. The molecule has 0 saturated heterocycles. The zero-order chi connectivity index (χ0) is 3.58. The zero-order valence-electron chi connectivity index (χ0n) is 3.88. The van der Waals surface area contributed by atoms with Crippen LogP contribution in [0, 0.1) is 0 Å². The first-order chi connectivity index (χ1) is 1.73. The van der Waals surface area contributed by atoms with Gasteiger partial charge in [0.2, 0.25) is 0 Å². The second-order valence-corrected chi connectivity index (χ2v) is 0.250. The molecule has 0 aliphatic rings. The molecule has 0 aromatic carbocycles. The van der Waals surface area contributed by atoms with Gasteiger partial charge in [-0.2, -0.15) is 0 Å². The third kappa shape index (κ3) is 58.8. The molecule has 4 nitrogen and oxygen atoms in total. The van der Waals surface area contributed by atoms with Gasteiger partial charge in [0, 0.05) is 0 Å². The largest absolute Gasteiger partial charge is 2.00 e. The van der Waals surface area contributed by atoms with E-state index in [1.807, 2.05) is 0 Å². The van der Waals surface area contributed by atoms with E-state index in [2.05, 4.69) is 0 Å². The fourth-order valence-corrected chi connectivity index (χ4v) is 0. The molecule has 6 heteroatoms. The van der Waals surface area contributed by atoms with Gasteiger partial charge < -0.3 is 20.5 Å². The van der Waals surface area contributed by atoms with E-state index in [9.17, 15) is 0 Å². The molecule has 0 unspecified atom stereocenters. The van der Waals surface area contributed by atoms with Crippen LogP contribution in [0.3, 0.4) is 0 Å². The molecule has 32 valence electrons. The van der Waals surface area contributed by atoms with Gasteiger partial charge in [0.25, 0.3) is 0 Å². The first kappa shape index (κ1) is 22.7. The topological polar surface area (TPSA) is 93.2 Å². The SMILES string of the molecule is O=C([O-])[O-].[Ba+2].[K+].[OH-]. The summed E-state index contributed by atoms with van der Waals surface area (Å²) in [6.45, 7) is 0. The van der Waals surface area contributed by atoms with Crippen LogP contribution in [0.25, 0.3) is 0 Å². The standard InChI is InChI=1S/CH2O3.Ba.K.H2O/c2-1(3)4;;;/h(H2,2,3,4);;;1H2/q;+2;+1;/p-3. The number of hydrogen-bond acceptors (Lipinski definition) is 4. The Bertz CT molecular complexity index is 34.7. The van der Waals surface area contributed by atoms with Gasteiger partial charge in [0.15, 0.2) is 0 Å². The van der Waals surface area contributed by atoms with Gasteiger partial charge in [-0.15, -0.1) is 0 Å². The molecule has 0 rings (SSSR count). The average Bonchev–Trinajstić information content (AvgIpc) is 0.811. The van der Waals surface area contributed by atoms with Crippen LogP contribution in [0.4, 0.5) is 4.79 Å². The fourth-order valence-electron chi connectivity index (χ4n) is 0. The molecule has 0 aromatic rings. The Morgan fingerprint density at radius 1 is 1.29 bits per heavy atom. The second kappa shape index (κ2) is 15.8. The minimum atomic E-state index is -2.33.